The first-order chi connectivity index (χ1) is 14.6. The number of aromatic amines is 1. The fourth-order valence-corrected chi connectivity index (χ4v) is 5.21. The zero-order valence-electron chi connectivity index (χ0n) is 17.9. The molecule has 7 heteroatoms. The standard InChI is InChI=1S/C23H30N6O/c1-15-10-11-17-14-19(23(30)24-20(17)16(15)2)21(28-12-6-3-7-13-28)22-25-26-27-29(22)18-8-4-5-9-18/h10-11,14,18,21H,3-9,12-13H2,1-2H3,(H,24,30)/t21-/m0/s1. The Balaban J connectivity index is 1.66. The average Bonchev–Trinajstić information content (AvgIpc) is 3.45. The van der Waals surface area contributed by atoms with E-state index in [0.717, 1.165) is 66.6 Å². The lowest BCUT2D eigenvalue weighted by Crippen LogP contribution is -2.38. The van der Waals surface area contributed by atoms with Crippen LogP contribution in [0.1, 0.15) is 79.5 Å². The largest absolute Gasteiger partial charge is 0.321 e. The number of tetrazole rings is 1. The number of nitrogens with zero attached hydrogens (tertiary/aromatic N) is 5. The van der Waals surface area contributed by atoms with Gasteiger partial charge in [-0.15, -0.1) is 5.10 Å². The second-order valence-electron chi connectivity index (χ2n) is 8.94. The Hall–Kier alpha value is -2.54. The molecule has 0 spiro atoms. The van der Waals surface area contributed by atoms with E-state index in [9.17, 15) is 4.79 Å². The van der Waals surface area contributed by atoms with E-state index in [1.807, 2.05) is 4.68 Å². The van der Waals surface area contributed by atoms with Crippen LogP contribution in [0.15, 0.2) is 23.0 Å². The number of piperidine rings is 1. The van der Waals surface area contributed by atoms with E-state index >= 15 is 0 Å². The van der Waals surface area contributed by atoms with Crippen LogP contribution in [0.25, 0.3) is 10.9 Å². The highest BCUT2D eigenvalue weighted by atomic mass is 16.1. The number of fused-ring (bicyclic) bond motifs is 1. The normalized spacial score (nSPS) is 19.5. The lowest BCUT2D eigenvalue weighted by molar-refractivity contribution is 0.174. The maximum atomic E-state index is 13.3. The lowest BCUT2D eigenvalue weighted by Gasteiger charge is -2.34. The summed E-state index contributed by atoms with van der Waals surface area (Å²) in [5.41, 5.74) is 3.95. The molecule has 0 bridgehead atoms. The molecule has 0 radical (unpaired) electrons. The van der Waals surface area contributed by atoms with Crippen molar-refractivity contribution in [2.24, 2.45) is 0 Å². The Morgan fingerprint density at radius 1 is 1.07 bits per heavy atom. The van der Waals surface area contributed by atoms with Crippen LogP contribution in [-0.2, 0) is 0 Å². The summed E-state index contributed by atoms with van der Waals surface area (Å²) >= 11 is 0. The van der Waals surface area contributed by atoms with Crippen molar-refractivity contribution in [3.8, 4) is 0 Å². The van der Waals surface area contributed by atoms with Gasteiger partial charge in [-0.25, -0.2) is 4.68 Å². The monoisotopic (exact) mass is 406 g/mol. The molecule has 1 N–H and O–H groups in total. The van der Waals surface area contributed by atoms with Crippen molar-refractivity contribution in [2.45, 2.75) is 70.9 Å². The molecule has 1 saturated carbocycles. The van der Waals surface area contributed by atoms with Crippen molar-refractivity contribution in [3.05, 3.63) is 51.1 Å². The van der Waals surface area contributed by atoms with E-state index in [-0.39, 0.29) is 11.6 Å². The van der Waals surface area contributed by atoms with Crippen molar-refractivity contribution in [1.29, 1.82) is 0 Å². The highest BCUT2D eigenvalue weighted by Crippen LogP contribution is 2.35. The predicted molar refractivity (Wildman–Crippen MR) is 117 cm³/mol. The van der Waals surface area contributed by atoms with E-state index in [1.54, 1.807) is 0 Å². The molecule has 3 heterocycles. The van der Waals surface area contributed by atoms with Crippen molar-refractivity contribution >= 4 is 10.9 Å². The fourth-order valence-electron chi connectivity index (χ4n) is 5.21. The average molecular weight is 407 g/mol. The van der Waals surface area contributed by atoms with Gasteiger partial charge in [0.05, 0.1) is 11.6 Å². The Kier molecular flexibility index (Phi) is 5.15. The first-order valence-electron chi connectivity index (χ1n) is 11.3. The van der Waals surface area contributed by atoms with Crippen LogP contribution in [0, 0.1) is 13.8 Å². The number of hydrogen-bond acceptors (Lipinski definition) is 5. The van der Waals surface area contributed by atoms with Crippen LogP contribution in [0.5, 0.6) is 0 Å². The molecule has 2 aliphatic rings. The summed E-state index contributed by atoms with van der Waals surface area (Å²) < 4.78 is 2.01. The smallest absolute Gasteiger partial charge is 0.253 e. The van der Waals surface area contributed by atoms with Crippen LogP contribution in [-0.4, -0.2) is 43.2 Å². The zero-order valence-corrected chi connectivity index (χ0v) is 17.9. The minimum atomic E-state index is -0.212. The molecule has 2 fully saturated rings. The molecule has 1 aromatic carbocycles. The van der Waals surface area contributed by atoms with Crippen LogP contribution in [0.4, 0.5) is 0 Å². The fraction of sp³-hybridized carbons (Fsp3) is 0.565. The molecule has 2 aromatic heterocycles. The van der Waals surface area contributed by atoms with Crippen molar-refractivity contribution < 1.29 is 0 Å². The SMILES string of the molecule is Cc1ccc2cc([C@@H](c3nnnn3C3CCCC3)N3CCCCC3)c(=O)[nH]c2c1C. The van der Waals surface area contributed by atoms with Gasteiger partial charge in [0.25, 0.3) is 5.56 Å². The zero-order chi connectivity index (χ0) is 20.7. The molecule has 7 nitrogen and oxygen atoms in total. The van der Waals surface area contributed by atoms with Gasteiger partial charge in [0.15, 0.2) is 5.82 Å². The number of aryl methyl sites for hydroxylation is 2. The Labute approximate surface area is 176 Å². The molecule has 1 saturated heterocycles. The minimum absolute atomic E-state index is 0.0345. The maximum absolute atomic E-state index is 13.3. The van der Waals surface area contributed by atoms with Gasteiger partial charge in [-0.2, -0.15) is 0 Å². The van der Waals surface area contributed by atoms with Gasteiger partial charge in [0, 0.05) is 5.56 Å². The molecule has 3 aromatic rings. The van der Waals surface area contributed by atoms with Crippen LogP contribution >= 0.6 is 0 Å². The highest BCUT2D eigenvalue weighted by Gasteiger charge is 2.33. The third kappa shape index (κ3) is 3.35. The van der Waals surface area contributed by atoms with Gasteiger partial charge in [0.2, 0.25) is 0 Å². The maximum Gasteiger partial charge on any atom is 0.253 e. The quantitative estimate of drug-likeness (QED) is 0.712. The molecule has 1 atom stereocenters. The molecule has 0 amide bonds. The number of benzene rings is 1. The summed E-state index contributed by atoms with van der Waals surface area (Å²) in [5.74, 6) is 0.817. The third-order valence-electron chi connectivity index (χ3n) is 7.06. The van der Waals surface area contributed by atoms with E-state index in [0.29, 0.717) is 6.04 Å². The molecular formula is C23H30N6O. The molecule has 30 heavy (non-hydrogen) atoms. The highest BCUT2D eigenvalue weighted by molar-refractivity contribution is 5.83. The van der Waals surface area contributed by atoms with Crippen molar-refractivity contribution in [1.82, 2.24) is 30.1 Å². The summed E-state index contributed by atoms with van der Waals surface area (Å²) in [6, 6.07) is 6.42. The summed E-state index contributed by atoms with van der Waals surface area (Å²) in [4.78, 5) is 18.9. The second-order valence-corrected chi connectivity index (χ2v) is 8.94. The van der Waals surface area contributed by atoms with Crippen molar-refractivity contribution in [2.75, 3.05) is 13.1 Å². The van der Waals surface area contributed by atoms with E-state index in [2.05, 4.69) is 57.5 Å². The number of likely N-dealkylation sites (tertiary alicyclic amines) is 1. The van der Waals surface area contributed by atoms with Gasteiger partial charge in [-0.3, -0.25) is 9.69 Å². The van der Waals surface area contributed by atoms with E-state index in [4.69, 9.17) is 0 Å². The van der Waals surface area contributed by atoms with Gasteiger partial charge >= 0.3 is 0 Å². The summed E-state index contributed by atoms with van der Waals surface area (Å²) in [5, 5.41) is 14.0. The molecule has 0 unspecified atom stereocenters. The number of nitrogens with one attached hydrogen (secondary N) is 1. The number of aromatic nitrogens is 5. The number of hydrogen-bond donors (Lipinski definition) is 1. The second kappa shape index (κ2) is 7.95. The van der Waals surface area contributed by atoms with Gasteiger partial charge in [-0.05, 0) is 85.6 Å². The molecule has 5 rings (SSSR count). The molecule has 1 aliphatic heterocycles. The van der Waals surface area contributed by atoms with Gasteiger partial charge in [-0.1, -0.05) is 31.4 Å². The predicted octanol–water partition coefficient (Wildman–Crippen LogP) is 3.82. The van der Waals surface area contributed by atoms with Crippen LogP contribution in [0.3, 0.4) is 0 Å². The number of pyridine rings is 1. The summed E-state index contributed by atoms with van der Waals surface area (Å²) in [6.07, 6.45) is 8.18. The summed E-state index contributed by atoms with van der Waals surface area (Å²) in [7, 11) is 0. The lowest BCUT2D eigenvalue weighted by atomic mass is 9.98. The Bertz CT molecular complexity index is 1100. The van der Waals surface area contributed by atoms with Gasteiger partial charge < -0.3 is 4.98 Å². The third-order valence-corrected chi connectivity index (χ3v) is 7.06. The Morgan fingerprint density at radius 3 is 2.60 bits per heavy atom. The number of H-pyrrole nitrogens is 1. The van der Waals surface area contributed by atoms with Gasteiger partial charge in [0.1, 0.15) is 6.04 Å². The van der Waals surface area contributed by atoms with E-state index in [1.165, 1.54) is 24.8 Å². The van der Waals surface area contributed by atoms with Crippen LogP contribution in [0.2, 0.25) is 0 Å². The van der Waals surface area contributed by atoms with E-state index < -0.39 is 0 Å². The topological polar surface area (TPSA) is 79.7 Å². The van der Waals surface area contributed by atoms with Crippen molar-refractivity contribution in [3.63, 3.8) is 0 Å². The first kappa shape index (κ1) is 19.4. The number of rotatable bonds is 4. The minimum Gasteiger partial charge on any atom is -0.321 e. The Morgan fingerprint density at radius 2 is 1.83 bits per heavy atom. The molecule has 1 aliphatic carbocycles. The first-order valence-corrected chi connectivity index (χ1v) is 11.3. The molecule has 158 valence electrons. The molecular weight excluding hydrogens is 376 g/mol. The van der Waals surface area contributed by atoms with Crippen LogP contribution < -0.4 is 5.56 Å². The summed E-state index contributed by atoms with van der Waals surface area (Å²) in [6.45, 7) is 6.07.